The molecule has 0 spiro atoms. The Morgan fingerprint density at radius 3 is 2.68 bits per heavy atom. The molecule has 2 fully saturated rings. The van der Waals surface area contributed by atoms with Crippen LogP contribution in [0.2, 0.25) is 0 Å². The first-order chi connectivity index (χ1) is 18.5. The molecular weight excluding hydrogens is 474 g/mol. The van der Waals surface area contributed by atoms with Gasteiger partial charge in [0.15, 0.2) is 5.65 Å². The van der Waals surface area contributed by atoms with Gasteiger partial charge in [-0.25, -0.2) is 14.5 Å². The molecule has 2 aliphatic rings. The summed E-state index contributed by atoms with van der Waals surface area (Å²) >= 11 is 0. The maximum Gasteiger partial charge on any atom is 0.273 e. The minimum absolute atomic E-state index is 0.0173. The molecule has 192 valence electrons. The van der Waals surface area contributed by atoms with Crippen LogP contribution in [0.3, 0.4) is 0 Å². The Kier molecular flexibility index (Phi) is 6.28. The van der Waals surface area contributed by atoms with Crippen LogP contribution in [0.1, 0.15) is 54.0 Å². The number of nitriles is 1. The van der Waals surface area contributed by atoms with Crippen molar-refractivity contribution in [3.8, 4) is 17.3 Å². The van der Waals surface area contributed by atoms with Gasteiger partial charge in [-0.3, -0.25) is 4.79 Å². The third-order valence-corrected chi connectivity index (χ3v) is 7.84. The number of amides is 1. The van der Waals surface area contributed by atoms with Crippen LogP contribution in [0.5, 0.6) is 0 Å². The average molecular weight is 506 g/mol. The molecular formula is C30H31N7O. The molecule has 4 aromatic rings. The van der Waals surface area contributed by atoms with E-state index < -0.39 is 0 Å². The lowest BCUT2D eigenvalue weighted by Crippen LogP contribution is -2.39. The van der Waals surface area contributed by atoms with Crippen LogP contribution >= 0.6 is 0 Å². The molecule has 8 heteroatoms. The Morgan fingerprint density at radius 1 is 1.05 bits per heavy atom. The van der Waals surface area contributed by atoms with Crippen molar-refractivity contribution in [2.45, 2.75) is 39.2 Å². The number of carbonyl (C=O) groups is 1. The zero-order chi connectivity index (χ0) is 26.2. The molecule has 0 aliphatic carbocycles. The summed E-state index contributed by atoms with van der Waals surface area (Å²) in [5, 5.41) is 14.3. The first-order valence-corrected chi connectivity index (χ1v) is 13.4. The molecule has 0 radical (unpaired) electrons. The van der Waals surface area contributed by atoms with Crippen LogP contribution in [0.4, 0.5) is 5.82 Å². The van der Waals surface area contributed by atoms with Gasteiger partial charge in [0.1, 0.15) is 11.5 Å². The van der Waals surface area contributed by atoms with Crippen LogP contribution in [0.15, 0.2) is 60.8 Å². The SMILES string of the molecule is Cc1cn2nc([C@@H]3CCCCN3C(=O)c3cccc(-c4ccccc4)n3)cc2nc1N1C[C@@H](C#N)[C@@H](C)C1. The Balaban J connectivity index is 1.29. The number of benzene rings is 1. The number of rotatable bonds is 4. The third-order valence-electron chi connectivity index (χ3n) is 7.84. The van der Waals surface area contributed by atoms with E-state index in [1.54, 1.807) is 6.07 Å². The van der Waals surface area contributed by atoms with Crippen LogP contribution < -0.4 is 4.90 Å². The van der Waals surface area contributed by atoms with Crippen molar-refractivity contribution in [2.24, 2.45) is 11.8 Å². The number of likely N-dealkylation sites (tertiary alicyclic amines) is 1. The Morgan fingerprint density at radius 2 is 1.89 bits per heavy atom. The van der Waals surface area contributed by atoms with Crippen molar-refractivity contribution in [1.82, 2.24) is 24.5 Å². The maximum absolute atomic E-state index is 13.7. The highest BCUT2D eigenvalue weighted by atomic mass is 16.2. The van der Waals surface area contributed by atoms with Crippen molar-refractivity contribution < 1.29 is 4.79 Å². The summed E-state index contributed by atoms with van der Waals surface area (Å²) in [6.07, 6.45) is 4.86. The number of fused-ring (bicyclic) bond motifs is 1. The summed E-state index contributed by atoms with van der Waals surface area (Å²) in [6.45, 7) is 6.35. The van der Waals surface area contributed by atoms with E-state index in [2.05, 4.69) is 17.9 Å². The van der Waals surface area contributed by atoms with Crippen LogP contribution in [0.25, 0.3) is 16.9 Å². The molecule has 3 aromatic heterocycles. The molecule has 8 nitrogen and oxygen atoms in total. The van der Waals surface area contributed by atoms with E-state index in [-0.39, 0.29) is 17.9 Å². The zero-order valence-corrected chi connectivity index (χ0v) is 21.8. The Bertz CT molecular complexity index is 1520. The maximum atomic E-state index is 13.7. The Hall–Kier alpha value is -4.25. The standard InChI is InChI=1S/C30H31N7O/c1-20-17-35(19-23(20)16-31)29-21(2)18-37-28(33-29)15-26(34-37)27-13-6-7-14-36(27)30(38)25-12-8-11-24(32-25)22-9-4-3-5-10-22/h3-5,8-12,15,18,20,23,27H,6-7,13-14,17,19H2,1-2H3/t20-,23+,27-/m0/s1. The van der Waals surface area contributed by atoms with Crippen LogP contribution in [-0.4, -0.2) is 50.0 Å². The molecule has 0 unspecified atom stereocenters. The number of piperidine rings is 1. The van der Waals surface area contributed by atoms with Crippen molar-refractivity contribution in [1.29, 1.82) is 5.26 Å². The second kappa shape index (κ2) is 9.90. The van der Waals surface area contributed by atoms with Gasteiger partial charge in [-0.1, -0.05) is 43.3 Å². The minimum atomic E-state index is -0.126. The van der Waals surface area contributed by atoms with E-state index in [9.17, 15) is 10.1 Å². The lowest BCUT2D eigenvalue weighted by atomic mass is 9.98. The van der Waals surface area contributed by atoms with Crippen molar-refractivity contribution in [2.75, 3.05) is 24.5 Å². The largest absolute Gasteiger partial charge is 0.355 e. The number of anilines is 1. The number of aryl methyl sites for hydroxylation is 1. The summed E-state index contributed by atoms with van der Waals surface area (Å²) in [6, 6.07) is 19.9. The number of hydrogen-bond acceptors (Lipinski definition) is 6. The predicted octanol–water partition coefficient (Wildman–Crippen LogP) is 5.06. The lowest BCUT2D eigenvalue weighted by molar-refractivity contribution is 0.0599. The molecule has 3 atom stereocenters. The molecule has 6 rings (SSSR count). The number of carbonyl (C=O) groups excluding carboxylic acids is 1. The molecule has 38 heavy (non-hydrogen) atoms. The normalized spacial score (nSPS) is 21.6. The first kappa shape index (κ1) is 24.1. The van der Waals surface area contributed by atoms with Gasteiger partial charge in [0.2, 0.25) is 0 Å². The van der Waals surface area contributed by atoms with Crippen LogP contribution in [-0.2, 0) is 0 Å². The van der Waals surface area contributed by atoms with Gasteiger partial charge in [0.25, 0.3) is 5.91 Å². The topological polar surface area (TPSA) is 90.4 Å². The van der Waals surface area contributed by atoms with Crippen molar-refractivity contribution in [3.63, 3.8) is 0 Å². The van der Waals surface area contributed by atoms with Gasteiger partial charge in [-0.15, -0.1) is 0 Å². The summed E-state index contributed by atoms with van der Waals surface area (Å²) in [4.78, 5) is 27.5. The van der Waals surface area contributed by atoms with E-state index in [4.69, 9.17) is 15.1 Å². The molecule has 1 amide bonds. The second-order valence-corrected chi connectivity index (χ2v) is 10.5. The summed E-state index contributed by atoms with van der Waals surface area (Å²) in [5.74, 6) is 1.17. The first-order valence-electron chi connectivity index (χ1n) is 13.4. The highest BCUT2D eigenvalue weighted by Gasteiger charge is 2.33. The molecule has 0 saturated carbocycles. The third kappa shape index (κ3) is 4.38. The zero-order valence-electron chi connectivity index (χ0n) is 21.8. The van der Waals surface area contributed by atoms with E-state index in [0.29, 0.717) is 24.7 Å². The second-order valence-electron chi connectivity index (χ2n) is 10.5. The highest BCUT2D eigenvalue weighted by Crippen LogP contribution is 2.33. The van der Waals surface area contributed by atoms with E-state index >= 15 is 0 Å². The molecule has 1 aromatic carbocycles. The number of pyridine rings is 1. The van der Waals surface area contributed by atoms with Gasteiger partial charge in [0, 0.05) is 43.0 Å². The van der Waals surface area contributed by atoms with Gasteiger partial charge in [-0.05, 0) is 44.2 Å². The Labute approximate surface area is 222 Å². The van der Waals surface area contributed by atoms with E-state index in [1.807, 2.05) is 71.1 Å². The molecule has 2 aliphatic heterocycles. The van der Waals surface area contributed by atoms with Gasteiger partial charge >= 0.3 is 0 Å². The smallest absolute Gasteiger partial charge is 0.273 e. The summed E-state index contributed by atoms with van der Waals surface area (Å²) in [7, 11) is 0. The van der Waals surface area contributed by atoms with Gasteiger partial charge < -0.3 is 9.80 Å². The minimum Gasteiger partial charge on any atom is -0.355 e. The monoisotopic (exact) mass is 505 g/mol. The quantitative estimate of drug-likeness (QED) is 0.385. The molecule has 0 N–H and O–H groups in total. The van der Waals surface area contributed by atoms with Gasteiger partial charge in [0.05, 0.1) is 29.4 Å². The van der Waals surface area contributed by atoms with Crippen molar-refractivity contribution in [3.05, 3.63) is 77.7 Å². The van der Waals surface area contributed by atoms with Crippen LogP contribution in [0, 0.1) is 30.1 Å². The fraction of sp³-hybridized carbons (Fsp3) is 0.367. The molecule has 2 saturated heterocycles. The predicted molar refractivity (Wildman–Crippen MR) is 146 cm³/mol. The summed E-state index contributed by atoms with van der Waals surface area (Å²) in [5.41, 5.74) is 4.87. The molecule has 0 bridgehead atoms. The fourth-order valence-electron chi connectivity index (χ4n) is 5.76. The highest BCUT2D eigenvalue weighted by molar-refractivity contribution is 5.93. The number of aromatic nitrogens is 4. The van der Waals surface area contributed by atoms with E-state index in [0.717, 1.165) is 59.8 Å². The number of nitrogens with zero attached hydrogens (tertiary/aromatic N) is 7. The van der Waals surface area contributed by atoms with Crippen molar-refractivity contribution >= 4 is 17.4 Å². The molecule has 5 heterocycles. The number of hydrogen-bond donors (Lipinski definition) is 0. The summed E-state index contributed by atoms with van der Waals surface area (Å²) < 4.78 is 1.82. The van der Waals surface area contributed by atoms with Gasteiger partial charge in [-0.2, -0.15) is 10.4 Å². The average Bonchev–Trinajstić information content (AvgIpc) is 3.55. The fourth-order valence-corrected chi connectivity index (χ4v) is 5.76. The van der Waals surface area contributed by atoms with E-state index in [1.165, 1.54) is 0 Å². The lowest BCUT2D eigenvalue weighted by Gasteiger charge is -2.34.